The van der Waals surface area contributed by atoms with Gasteiger partial charge in [-0.3, -0.25) is 9.52 Å². The molecule has 0 saturated heterocycles. The van der Waals surface area contributed by atoms with Crippen molar-refractivity contribution in [2.75, 3.05) is 4.72 Å². The lowest BCUT2D eigenvalue weighted by Gasteiger charge is -2.17. The van der Waals surface area contributed by atoms with Gasteiger partial charge < -0.3 is 5.32 Å². The van der Waals surface area contributed by atoms with Crippen LogP contribution in [0.5, 0.6) is 0 Å². The quantitative estimate of drug-likeness (QED) is 0.803. The Kier molecular flexibility index (Phi) is 4.91. The van der Waals surface area contributed by atoms with E-state index < -0.39 is 10.0 Å². The van der Waals surface area contributed by atoms with Gasteiger partial charge >= 0.3 is 0 Å². The normalized spacial score (nSPS) is 16.4. The largest absolute Gasteiger partial charge is 0.353 e. The Labute approximate surface area is 160 Å². The van der Waals surface area contributed by atoms with E-state index in [1.165, 1.54) is 12.0 Å². The number of hydrogen-bond donors (Lipinski definition) is 2. The third-order valence-corrected chi connectivity index (χ3v) is 6.52. The van der Waals surface area contributed by atoms with Gasteiger partial charge in [-0.25, -0.2) is 8.42 Å². The first-order chi connectivity index (χ1) is 13.0. The van der Waals surface area contributed by atoms with Crippen LogP contribution in [0.25, 0.3) is 0 Å². The molecule has 0 aromatic heterocycles. The van der Waals surface area contributed by atoms with Crippen molar-refractivity contribution in [3.63, 3.8) is 0 Å². The van der Waals surface area contributed by atoms with Crippen molar-refractivity contribution in [1.82, 2.24) is 5.32 Å². The molecule has 1 saturated carbocycles. The summed E-state index contributed by atoms with van der Waals surface area (Å²) in [6.07, 6.45) is 6.69. The Morgan fingerprint density at radius 3 is 2.37 bits per heavy atom. The van der Waals surface area contributed by atoms with Crippen molar-refractivity contribution < 1.29 is 13.2 Å². The molecule has 5 nitrogen and oxygen atoms in total. The van der Waals surface area contributed by atoms with Gasteiger partial charge in [0.15, 0.2) is 0 Å². The van der Waals surface area contributed by atoms with Gasteiger partial charge in [0.25, 0.3) is 10.0 Å². The Hall–Kier alpha value is -2.34. The molecule has 0 atom stereocenters. The highest BCUT2D eigenvalue weighted by atomic mass is 32.2. The van der Waals surface area contributed by atoms with Crippen LogP contribution in [0.3, 0.4) is 0 Å². The number of nitrogens with one attached hydrogen (secondary N) is 2. The van der Waals surface area contributed by atoms with Gasteiger partial charge in [0, 0.05) is 11.7 Å². The molecule has 142 valence electrons. The van der Waals surface area contributed by atoms with Crippen molar-refractivity contribution in [3.8, 4) is 0 Å². The lowest BCUT2D eigenvalue weighted by Crippen LogP contribution is -2.26. The van der Waals surface area contributed by atoms with E-state index in [1.54, 1.807) is 36.4 Å². The second kappa shape index (κ2) is 7.35. The van der Waals surface area contributed by atoms with E-state index in [0.717, 1.165) is 43.2 Å². The van der Waals surface area contributed by atoms with Gasteiger partial charge in [-0.15, -0.1) is 0 Å². The number of hydrogen-bond acceptors (Lipinski definition) is 3. The Morgan fingerprint density at radius 2 is 1.67 bits per heavy atom. The van der Waals surface area contributed by atoms with Crippen LogP contribution < -0.4 is 10.0 Å². The molecule has 0 heterocycles. The van der Waals surface area contributed by atoms with Gasteiger partial charge in [-0.05, 0) is 79.5 Å². The topological polar surface area (TPSA) is 75.3 Å². The van der Waals surface area contributed by atoms with Crippen LogP contribution in [-0.4, -0.2) is 20.4 Å². The van der Waals surface area contributed by atoms with Crippen LogP contribution in [0, 0.1) is 0 Å². The average Bonchev–Trinajstić information content (AvgIpc) is 3.46. The molecular formula is C21H24N2O3S. The summed E-state index contributed by atoms with van der Waals surface area (Å²) in [6.45, 7) is 0. The average molecular weight is 385 g/mol. The highest BCUT2D eigenvalue weighted by molar-refractivity contribution is 7.92. The first kappa shape index (κ1) is 18.0. The van der Waals surface area contributed by atoms with Crippen LogP contribution in [0.1, 0.15) is 42.4 Å². The predicted molar refractivity (Wildman–Crippen MR) is 105 cm³/mol. The van der Waals surface area contributed by atoms with Gasteiger partial charge in [0.05, 0.1) is 11.3 Å². The summed E-state index contributed by atoms with van der Waals surface area (Å²) in [7, 11) is -3.62. The fourth-order valence-electron chi connectivity index (χ4n) is 3.47. The third kappa shape index (κ3) is 4.50. The number of carbonyl (C=O) groups is 1. The van der Waals surface area contributed by atoms with Crippen LogP contribution in [-0.2, 0) is 34.1 Å². The molecule has 2 aliphatic carbocycles. The zero-order valence-corrected chi connectivity index (χ0v) is 16.0. The summed E-state index contributed by atoms with van der Waals surface area (Å²) in [5.74, 6) is 0.0138. The number of carbonyl (C=O) groups excluding carboxylic acids is 1. The molecule has 0 radical (unpaired) electrons. The summed E-state index contributed by atoms with van der Waals surface area (Å²) in [5, 5.41) is 2.95. The molecule has 0 spiro atoms. The van der Waals surface area contributed by atoms with E-state index in [1.807, 2.05) is 6.07 Å². The van der Waals surface area contributed by atoms with E-state index in [4.69, 9.17) is 0 Å². The van der Waals surface area contributed by atoms with Crippen LogP contribution in [0.4, 0.5) is 5.69 Å². The second-order valence-corrected chi connectivity index (χ2v) is 9.14. The molecule has 2 aromatic rings. The highest BCUT2D eigenvalue weighted by Gasteiger charge is 2.23. The molecule has 2 N–H and O–H groups in total. The van der Waals surface area contributed by atoms with Gasteiger partial charge in [-0.1, -0.05) is 18.2 Å². The summed E-state index contributed by atoms with van der Waals surface area (Å²) in [5.41, 5.74) is 3.76. The molecule has 2 aromatic carbocycles. The molecule has 1 fully saturated rings. The summed E-state index contributed by atoms with van der Waals surface area (Å²) in [4.78, 5) is 12.2. The number of fused-ring (bicyclic) bond motifs is 1. The SMILES string of the molecule is O=C(Cc1ccc(NS(=O)(=O)c2ccc3c(c2)CCCC3)cc1)NC1CC1. The van der Waals surface area contributed by atoms with Crippen molar-refractivity contribution in [3.05, 3.63) is 59.2 Å². The summed E-state index contributed by atoms with van der Waals surface area (Å²) >= 11 is 0. The zero-order valence-electron chi connectivity index (χ0n) is 15.2. The Bertz CT molecular complexity index is 948. The van der Waals surface area contributed by atoms with Crippen molar-refractivity contribution in [2.45, 2.75) is 55.9 Å². The van der Waals surface area contributed by atoms with Crippen molar-refractivity contribution in [2.24, 2.45) is 0 Å². The first-order valence-corrected chi connectivity index (χ1v) is 11.0. The summed E-state index contributed by atoms with van der Waals surface area (Å²) in [6, 6.07) is 12.8. The molecule has 0 aliphatic heterocycles. The molecule has 4 rings (SSSR count). The standard InChI is InChI=1S/C21H24N2O3S/c24-21(22-18-10-11-18)13-15-5-8-19(9-6-15)23-27(25,26)20-12-7-16-3-1-2-4-17(16)14-20/h5-9,12,14,18,23H,1-4,10-11,13H2,(H,22,24). The number of amides is 1. The molecule has 6 heteroatoms. The van der Waals surface area contributed by atoms with Crippen molar-refractivity contribution >= 4 is 21.6 Å². The number of anilines is 1. The van der Waals surface area contributed by atoms with E-state index in [9.17, 15) is 13.2 Å². The number of benzene rings is 2. The lowest BCUT2D eigenvalue weighted by atomic mass is 9.92. The number of aryl methyl sites for hydroxylation is 2. The van der Waals surface area contributed by atoms with Gasteiger partial charge in [0.2, 0.25) is 5.91 Å². The third-order valence-electron chi connectivity index (χ3n) is 5.14. The molecule has 0 unspecified atom stereocenters. The van der Waals surface area contributed by atoms with Crippen LogP contribution in [0.2, 0.25) is 0 Å². The molecular weight excluding hydrogens is 360 g/mol. The van der Waals surface area contributed by atoms with E-state index in [2.05, 4.69) is 10.0 Å². The van der Waals surface area contributed by atoms with E-state index >= 15 is 0 Å². The minimum Gasteiger partial charge on any atom is -0.353 e. The molecule has 2 aliphatic rings. The maximum Gasteiger partial charge on any atom is 0.261 e. The van der Waals surface area contributed by atoms with Crippen LogP contribution in [0.15, 0.2) is 47.4 Å². The van der Waals surface area contributed by atoms with Crippen molar-refractivity contribution in [1.29, 1.82) is 0 Å². The molecule has 1 amide bonds. The second-order valence-electron chi connectivity index (χ2n) is 7.46. The fourth-order valence-corrected chi connectivity index (χ4v) is 4.58. The van der Waals surface area contributed by atoms with Gasteiger partial charge in [0.1, 0.15) is 0 Å². The minimum atomic E-state index is -3.62. The number of rotatable bonds is 6. The maximum absolute atomic E-state index is 12.7. The zero-order chi connectivity index (χ0) is 18.9. The van der Waals surface area contributed by atoms with E-state index in [0.29, 0.717) is 23.0 Å². The van der Waals surface area contributed by atoms with Crippen LogP contribution >= 0.6 is 0 Å². The Morgan fingerprint density at radius 1 is 0.963 bits per heavy atom. The van der Waals surface area contributed by atoms with Gasteiger partial charge in [-0.2, -0.15) is 0 Å². The maximum atomic E-state index is 12.7. The Balaban J connectivity index is 1.43. The molecule has 27 heavy (non-hydrogen) atoms. The minimum absolute atomic E-state index is 0.0138. The molecule has 0 bridgehead atoms. The lowest BCUT2D eigenvalue weighted by molar-refractivity contribution is -0.120. The monoisotopic (exact) mass is 384 g/mol. The smallest absolute Gasteiger partial charge is 0.261 e. The highest BCUT2D eigenvalue weighted by Crippen LogP contribution is 2.25. The van der Waals surface area contributed by atoms with E-state index in [-0.39, 0.29) is 5.91 Å². The fraction of sp³-hybridized carbons (Fsp3) is 0.381. The predicted octanol–water partition coefficient (Wildman–Crippen LogP) is 3.19. The number of sulfonamides is 1. The first-order valence-electron chi connectivity index (χ1n) is 9.52. The summed E-state index contributed by atoms with van der Waals surface area (Å²) < 4.78 is 28.0.